The molecule has 100 valence electrons. The van der Waals surface area contributed by atoms with E-state index < -0.39 is 0 Å². The van der Waals surface area contributed by atoms with Crippen molar-refractivity contribution in [3.05, 3.63) is 40.5 Å². The maximum Gasteiger partial charge on any atom is 0.156 e. The van der Waals surface area contributed by atoms with E-state index in [2.05, 4.69) is 15.5 Å². The van der Waals surface area contributed by atoms with Crippen LogP contribution in [-0.4, -0.2) is 16.8 Å². The van der Waals surface area contributed by atoms with Crippen LogP contribution >= 0.6 is 11.6 Å². The van der Waals surface area contributed by atoms with Crippen LogP contribution in [0.3, 0.4) is 0 Å². The number of hydrogen-bond acceptors (Lipinski definition) is 4. The first kappa shape index (κ1) is 13.6. The first-order valence-electron chi connectivity index (χ1n) is 6.11. The summed E-state index contributed by atoms with van der Waals surface area (Å²) in [6.45, 7) is 6.49. The molecule has 4 nitrogen and oxygen atoms in total. The molecule has 0 saturated heterocycles. The Balaban J connectivity index is 2.26. The molecule has 1 heterocycles. The van der Waals surface area contributed by atoms with Gasteiger partial charge in [-0.05, 0) is 44.0 Å². The fourth-order valence-electron chi connectivity index (χ4n) is 1.66. The molecule has 2 rings (SSSR count). The average molecular weight is 278 g/mol. The number of hydrogen-bond donors (Lipinski definition) is 1. The number of nitrogens with zero attached hydrogens (tertiary/aromatic N) is 2. The van der Waals surface area contributed by atoms with E-state index in [9.17, 15) is 0 Å². The van der Waals surface area contributed by atoms with Crippen molar-refractivity contribution < 1.29 is 4.74 Å². The quantitative estimate of drug-likeness (QED) is 0.921. The highest BCUT2D eigenvalue weighted by molar-refractivity contribution is 6.30. The van der Waals surface area contributed by atoms with Crippen molar-refractivity contribution >= 4 is 23.1 Å². The van der Waals surface area contributed by atoms with Crippen molar-refractivity contribution in [2.75, 3.05) is 11.9 Å². The number of halogens is 1. The summed E-state index contributed by atoms with van der Waals surface area (Å²) < 4.78 is 5.46. The summed E-state index contributed by atoms with van der Waals surface area (Å²) in [4.78, 5) is 0. The molecule has 0 spiro atoms. The summed E-state index contributed by atoms with van der Waals surface area (Å²) in [5.41, 5.74) is 2.83. The number of benzene rings is 1. The summed E-state index contributed by atoms with van der Waals surface area (Å²) >= 11 is 5.93. The van der Waals surface area contributed by atoms with Gasteiger partial charge in [-0.1, -0.05) is 17.7 Å². The number of rotatable bonds is 4. The molecule has 0 saturated carbocycles. The highest BCUT2D eigenvalue weighted by Crippen LogP contribution is 2.25. The van der Waals surface area contributed by atoms with Gasteiger partial charge in [0.15, 0.2) is 11.0 Å². The van der Waals surface area contributed by atoms with Crippen molar-refractivity contribution in [3.63, 3.8) is 0 Å². The normalized spacial score (nSPS) is 10.3. The second-order valence-electron chi connectivity index (χ2n) is 4.18. The van der Waals surface area contributed by atoms with Crippen LogP contribution in [0, 0.1) is 13.8 Å². The lowest BCUT2D eigenvalue weighted by atomic mass is 10.2. The largest absolute Gasteiger partial charge is 0.494 e. The third kappa shape index (κ3) is 3.15. The van der Waals surface area contributed by atoms with Gasteiger partial charge in [0.2, 0.25) is 0 Å². The van der Waals surface area contributed by atoms with E-state index in [4.69, 9.17) is 16.3 Å². The van der Waals surface area contributed by atoms with Crippen molar-refractivity contribution in [2.24, 2.45) is 0 Å². The predicted octanol–water partition coefficient (Wildman–Crippen LogP) is 3.89. The van der Waals surface area contributed by atoms with Crippen molar-refractivity contribution in [1.29, 1.82) is 0 Å². The lowest BCUT2D eigenvalue weighted by molar-refractivity contribution is 0.340. The third-order valence-corrected chi connectivity index (χ3v) is 3.23. The molecule has 0 aliphatic rings. The summed E-state index contributed by atoms with van der Waals surface area (Å²) in [6.07, 6.45) is 0. The van der Waals surface area contributed by atoms with E-state index in [1.165, 1.54) is 0 Å². The summed E-state index contributed by atoms with van der Waals surface area (Å²) in [5, 5.41) is 11.7. The molecule has 19 heavy (non-hydrogen) atoms. The smallest absolute Gasteiger partial charge is 0.156 e. The van der Waals surface area contributed by atoms with Gasteiger partial charge in [0.1, 0.15) is 5.75 Å². The predicted molar refractivity (Wildman–Crippen MR) is 77.4 cm³/mol. The minimum absolute atomic E-state index is 0.436. The van der Waals surface area contributed by atoms with Gasteiger partial charge >= 0.3 is 0 Å². The summed E-state index contributed by atoms with van der Waals surface area (Å²) in [5.74, 6) is 1.53. The van der Waals surface area contributed by atoms with E-state index in [-0.39, 0.29) is 0 Å². The molecule has 0 bridgehead atoms. The van der Waals surface area contributed by atoms with E-state index >= 15 is 0 Å². The lowest BCUT2D eigenvalue weighted by Crippen LogP contribution is -2.01. The van der Waals surface area contributed by atoms with Gasteiger partial charge in [-0.3, -0.25) is 0 Å². The molecule has 0 radical (unpaired) electrons. The van der Waals surface area contributed by atoms with Crippen LogP contribution in [0.25, 0.3) is 0 Å². The average Bonchev–Trinajstić information content (AvgIpc) is 2.40. The Labute approximate surface area is 117 Å². The fraction of sp³-hybridized carbons (Fsp3) is 0.286. The third-order valence-electron chi connectivity index (χ3n) is 2.87. The van der Waals surface area contributed by atoms with Gasteiger partial charge in [0.05, 0.1) is 6.61 Å². The first-order valence-corrected chi connectivity index (χ1v) is 6.49. The molecule has 0 fully saturated rings. The lowest BCUT2D eigenvalue weighted by Gasteiger charge is -2.11. The van der Waals surface area contributed by atoms with Crippen LogP contribution in [0.2, 0.25) is 5.15 Å². The molecule has 1 aromatic carbocycles. The highest BCUT2D eigenvalue weighted by atomic mass is 35.5. The van der Waals surface area contributed by atoms with Crippen LogP contribution < -0.4 is 10.1 Å². The molecule has 0 aliphatic carbocycles. The molecule has 0 amide bonds. The van der Waals surface area contributed by atoms with Crippen molar-refractivity contribution in [1.82, 2.24) is 10.2 Å². The Kier molecular flexibility index (Phi) is 4.22. The number of ether oxygens (including phenoxy) is 1. The molecule has 2 aromatic rings. The molecule has 1 aromatic heterocycles. The van der Waals surface area contributed by atoms with Crippen LogP contribution in [0.4, 0.5) is 11.5 Å². The maximum absolute atomic E-state index is 5.93. The zero-order valence-electron chi connectivity index (χ0n) is 11.2. The second-order valence-corrected chi connectivity index (χ2v) is 4.53. The molecule has 5 heteroatoms. The van der Waals surface area contributed by atoms with Gasteiger partial charge in [0.25, 0.3) is 0 Å². The van der Waals surface area contributed by atoms with E-state index in [0.29, 0.717) is 17.6 Å². The van der Waals surface area contributed by atoms with E-state index in [0.717, 1.165) is 22.6 Å². The Bertz CT molecular complexity index is 587. The van der Waals surface area contributed by atoms with Gasteiger partial charge in [-0.2, -0.15) is 0 Å². The van der Waals surface area contributed by atoms with Gasteiger partial charge in [0, 0.05) is 11.8 Å². The first-order chi connectivity index (χ1) is 9.11. The Morgan fingerprint density at radius 2 is 2.00 bits per heavy atom. The van der Waals surface area contributed by atoms with Crippen LogP contribution in [-0.2, 0) is 0 Å². The molecule has 0 unspecified atom stereocenters. The molecular weight excluding hydrogens is 262 g/mol. The minimum Gasteiger partial charge on any atom is -0.494 e. The zero-order chi connectivity index (χ0) is 13.8. The number of nitrogens with one attached hydrogen (secondary N) is 1. The monoisotopic (exact) mass is 277 g/mol. The van der Waals surface area contributed by atoms with Gasteiger partial charge in [-0.15, -0.1) is 10.2 Å². The SMILES string of the molecule is CCOc1cccc(Nc2nnc(Cl)c(C)c2C)c1. The van der Waals surface area contributed by atoms with Crippen LogP contribution in [0.15, 0.2) is 24.3 Å². The van der Waals surface area contributed by atoms with Crippen molar-refractivity contribution in [2.45, 2.75) is 20.8 Å². The maximum atomic E-state index is 5.93. The number of aromatic nitrogens is 2. The van der Waals surface area contributed by atoms with Crippen LogP contribution in [0.5, 0.6) is 5.75 Å². The summed E-state index contributed by atoms with van der Waals surface area (Å²) in [6, 6.07) is 7.72. The zero-order valence-corrected chi connectivity index (χ0v) is 12.0. The van der Waals surface area contributed by atoms with Gasteiger partial charge in [-0.25, -0.2) is 0 Å². The van der Waals surface area contributed by atoms with Crippen molar-refractivity contribution in [3.8, 4) is 5.75 Å². The highest BCUT2D eigenvalue weighted by Gasteiger charge is 2.08. The Morgan fingerprint density at radius 1 is 1.21 bits per heavy atom. The van der Waals surface area contributed by atoms with E-state index in [1.54, 1.807) is 0 Å². The second kappa shape index (κ2) is 5.89. The van der Waals surface area contributed by atoms with Gasteiger partial charge < -0.3 is 10.1 Å². The minimum atomic E-state index is 0.436. The number of anilines is 2. The van der Waals surface area contributed by atoms with Crippen LogP contribution in [0.1, 0.15) is 18.1 Å². The Hall–Kier alpha value is -1.81. The standard InChI is InChI=1S/C14H16ClN3O/c1-4-19-12-7-5-6-11(8-12)16-14-10(3)9(2)13(15)17-18-14/h5-8H,4H2,1-3H3,(H,16,18). The van der Waals surface area contributed by atoms with E-state index in [1.807, 2.05) is 45.0 Å². The Morgan fingerprint density at radius 3 is 2.74 bits per heavy atom. The molecule has 1 N–H and O–H groups in total. The summed E-state index contributed by atoms with van der Waals surface area (Å²) in [7, 11) is 0. The fourth-order valence-corrected chi connectivity index (χ4v) is 1.84. The molecule has 0 atom stereocenters. The molecule has 0 aliphatic heterocycles. The molecular formula is C14H16ClN3O. The topological polar surface area (TPSA) is 47.0 Å².